The van der Waals surface area contributed by atoms with Gasteiger partial charge in [-0.25, -0.2) is 14.2 Å². The highest BCUT2D eigenvalue weighted by Crippen LogP contribution is 2.70. The number of rotatable bonds is 5. The number of benzene rings is 1. The van der Waals surface area contributed by atoms with Gasteiger partial charge in [0, 0.05) is 16.5 Å². The lowest BCUT2D eigenvalue weighted by atomic mass is 9.41. The molecule has 3 fully saturated rings. The van der Waals surface area contributed by atoms with E-state index in [2.05, 4.69) is 10.3 Å². The van der Waals surface area contributed by atoms with Crippen LogP contribution >= 0.6 is 11.6 Å². The van der Waals surface area contributed by atoms with E-state index in [4.69, 9.17) is 16.0 Å². The topological polar surface area (TPSA) is 92.4 Å². The third-order valence-corrected chi connectivity index (χ3v) is 6.95. The van der Waals surface area contributed by atoms with Gasteiger partial charge in [-0.2, -0.15) is 0 Å². The molecule has 2 bridgehead atoms. The maximum Gasteiger partial charge on any atom is 0.356 e. The lowest BCUT2D eigenvalue weighted by Crippen LogP contribution is -2.67. The first-order valence-corrected chi connectivity index (χ1v) is 10.8. The lowest BCUT2D eigenvalue weighted by Gasteiger charge is -2.65. The van der Waals surface area contributed by atoms with Gasteiger partial charge in [-0.15, -0.1) is 0 Å². The molecule has 0 radical (unpaired) electrons. The van der Waals surface area contributed by atoms with Crippen molar-refractivity contribution in [3.05, 3.63) is 67.8 Å². The Balaban J connectivity index is 1.62. The summed E-state index contributed by atoms with van der Waals surface area (Å²) in [5.41, 5.74) is 1.06. The quantitative estimate of drug-likeness (QED) is 0.494. The number of aryl methyl sites for hydroxylation is 1. The summed E-state index contributed by atoms with van der Waals surface area (Å²) in [6, 6.07) is 6.36. The Bertz CT molecular complexity index is 1350. The van der Waals surface area contributed by atoms with Gasteiger partial charge < -0.3 is 14.8 Å². The number of halogens is 2. The second kappa shape index (κ2) is 6.78. The predicted molar refractivity (Wildman–Crippen MR) is 120 cm³/mol. The van der Waals surface area contributed by atoms with E-state index in [1.54, 1.807) is 19.1 Å². The van der Waals surface area contributed by atoms with E-state index in [0.29, 0.717) is 52.8 Å². The average Bonchev–Trinajstić information content (AvgIpc) is 2.68. The smallest absolute Gasteiger partial charge is 0.356 e. The standard InChI is InChI=1S/C24H22ClFN2O4/c1-11-6-14(13(3)27-16-4-5-17(25)28-18(16)22(30)31)20-15(7-11)19(29)12(2)21(32-20)23-8-24(26,9-23)10-23/h4-7,13,27H,8-10H2,1-3H3,(H,30,31)/t13-,23?,24?/m1/s1. The van der Waals surface area contributed by atoms with Gasteiger partial charge in [0.15, 0.2) is 11.1 Å². The molecule has 3 aromatic rings. The summed E-state index contributed by atoms with van der Waals surface area (Å²) < 4.78 is 20.5. The number of aromatic carboxylic acids is 1. The molecule has 166 valence electrons. The minimum absolute atomic E-state index is 0.0805. The van der Waals surface area contributed by atoms with Crippen LogP contribution < -0.4 is 10.7 Å². The van der Waals surface area contributed by atoms with E-state index in [-0.39, 0.29) is 21.7 Å². The fraction of sp³-hybridized carbons (Fsp3) is 0.375. The number of alkyl halides is 1. The van der Waals surface area contributed by atoms with Crippen molar-refractivity contribution in [2.75, 3.05) is 5.32 Å². The van der Waals surface area contributed by atoms with Gasteiger partial charge in [0.1, 0.15) is 22.2 Å². The summed E-state index contributed by atoms with van der Waals surface area (Å²) in [6.07, 6.45) is 1.17. The lowest BCUT2D eigenvalue weighted by molar-refractivity contribution is -0.167. The van der Waals surface area contributed by atoms with Crippen LogP contribution in [0.2, 0.25) is 5.15 Å². The van der Waals surface area contributed by atoms with Gasteiger partial charge in [0.05, 0.1) is 17.1 Å². The minimum Gasteiger partial charge on any atom is -0.476 e. The van der Waals surface area contributed by atoms with Crippen LogP contribution in [0.4, 0.5) is 10.1 Å². The largest absolute Gasteiger partial charge is 0.476 e. The first-order chi connectivity index (χ1) is 15.0. The molecule has 0 spiro atoms. The van der Waals surface area contributed by atoms with Crippen LogP contribution in [-0.4, -0.2) is 21.7 Å². The number of nitrogens with zero attached hydrogens (tertiary/aromatic N) is 1. The van der Waals surface area contributed by atoms with Crippen molar-refractivity contribution >= 4 is 34.2 Å². The molecule has 6 rings (SSSR count). The van der Waals surface area contributed by atoms with Crippen molar-refractivity contribution in [1.29, 1.82) is 0 Å². The predicted octanol–water partition coefficient (Wildman–Crippen LogP) is 5.47. The monoisotopic (exact) mass is 456 g/mol. The maximum atomic E-state index is 14.2. The molecule has 8 heteroatoms. The summed E-state index contributed by atoms with van der Waals surface area (Å²) in [5.74, 6) is -0.629. The highest BCUT2D eigenvalue weighted by molar-refractivity contribution is 6.29. The molecule has 3 saturated carbocycles. The fourth-order valence-corrected chi connectivity index (χ4v) is 5.47. The Hall–Kier alpha value is -2.93. The van der Waals surface area contributed by atoms with E-state index in [9.17, 15) is 19.1 Å². The second-order valence-corrected chi connectivity index (χ2v) is 9.67. The molecule has 0 saturated heterocycles. The summed E-state index contributed by atoms with van der Waals surface area (Å²) in [7, 11) is 0. The Morgan fingerprint density at radius 2 is 1.97 bits per heavy atom. The number of anilines is 1. The van der Waals surface area contributed by atoms with Gasteiger partial charge in [0.2, 0.25) is 0 Å². The number of nitrogens with one attached hydrogen (secondary N) is 1. The zero-order chi connectivity index (χ0) is 23.0. The van der Waals surface area contributed by atoms with E-state index in [1.165, 1.54) is 6.07 Å². The third kappa shape index (κ3) is 3.02. The average molecular weight is 457 g/mol. The van der Waals surface area contributed by atoms with E-state index in [0.717, 1.165) is 5.56 Å². The molecule has 0 amide bonds. The van der Waals surface area contributed by atoms with E-state index < -0.39 is 17.7 Å². The fourth-order valence-electron chi connectivity index (χ4n) is 5.33. The van der Waals surface area contributed by atoms with Gasteiger partial charge in [-0.1, -0.05) is 17.7 Å². The summed E-state index contributed by atoms with van der Waals surface area (Å²) in [6.45, 7) is 5.48. The van der Waals surface area contributed by atoms with Crippen LogP contribution in [0.3, 0.4) is 0 Å². The van der Waals surface area contributed by atoms with E-state index in [1.807, 2.05) is 19.9 Å². The molecule has 3 aliphatic rings. The molecule has 0 unspecified atom stereocenters. The van der Waals surface area contributed by atoms with Crippen LogP contribution in [0.5, 0.6) is 0 Å². The number of carboxylic acid groups (broad SMARTS) is 1. The SMILES string of the molecule is Cc1cc([C@@H](C)Nc2ccc(Cl)nc2C(=O)O)c2oc(C34CC(F)(C3)C4)c(C)c(=O)c2c1. The number of hydrogen-bond donors (Lipinski definition) is 2. The van der Waals surface area contributed by atoms with Crippen LogP contribution in [0.15, 0.2) is 33.5 Å². The van der Waals surface area contributed by atoms with Gasteiger partial charge in [0.25, 0.3) is 0 Å². The number of hydrogen-bond acceptors (Lipinski definition) is 5. The molecule has 2 heterocycles. The van der Waals surface area contributed by atoms with Crippen LogP contribution in [-0.2, 0) is 5.41 Å². The van der Waals surface area contributed by atoms with Crippen LogP contribution in [0.25, 0.3) is 11.0 Å². The Morgan fingerprint density at radius 1 is 1.28 bits per heavy atom. The number of fused-ring (bicyclic) bond motifs is 1. The number of aromatic nitrogens is 1. The number of pyridine rings is 1. The highest BCUT2D eigenvalue weighted by Gasteiger charge is 2.71. The molecule has 3 aliphatic carbocycles. The van der Waals surface area contributed by atoms with Crippen molar-refractivity contribution in [2.45, 2.75) is 57.2 Å². The molecular formula is C24H22ClFN2O4. The van der Waals surface area contributed by atoms with E-state index >= 15 is 0 Å². The third-order valence-electron chi connectivity index (χ3n) is 6.74. The molecule has 32 heavy (non-hydrogen) atoms. The molecule has 2 aromatic heterocycles. The minimum atomic E-state index is -1.20. The van der Waals surface area contributed by atoms with Gasteiger partial charge in [-0.3, -0.25) is 4.79 Å². The van der Waals surface area contributed by atoms with Crippen molar-refractivity contribution in [3.63, 3.8) is 0 Å². The van der Waals surface area contributed by atoms with Crippen LogP contribution in [0, 0.1) is 13.8 Å². The number of carbonyl (C=O) groups is 1. The van der Waals surface area contributed by atoms with Crippen molar-refractivity contribution < 1.29 is 18.7 Å². The Morgan fingerprint density at radius 3 is 2.59 bits per heavy atom. The maximum absolute atomic E-state index is 14.2. The van der Waals surface area contributed by atoms with Gasteiger partial charge in [-0.05, 0) is 63.8 Å². The second-order valence-electron chi connectivity index (χ2n) is 9.28. The Labute approximate surface area is 188 Å². The molecule has 1 atom stereocenters. The molecule has 1 aromatic carbocycles. The van der Waals surface area contributed by atoms with Crippen molar-refractivity contribution in [2.24, 2.45) is 0 Å². The summed E-state index contributed by atoms with van der Waals surface area (Å²) >= 11 is 5.86. The highest BCUT2D eigenvalue weighted by atomic mass is 35.5. The normalized spacial score (nSPS) is 24.5. The zero-order valence-electron chi connectivity index (χ0n) is 17.9. The Kier molecular flexibility index (Phi) is 4.44. The molecule has 2 N–H and O–H groups in total. The van der Waals surface area contributed by atoms with Gasteiger partial charge >= 0.3 is 5.97 Å². The number of carboxylic acids is 1. The first-order valence-electron chi connectivity index (χ1n) is 10.5. The molecule has 0 aliphatic heterocycles. The van der Waals surface area contributed by atoms with Crippen molar-refractivity contribution in [3.8, 4) is 0 Å². The molecule has 6 nitrogen and oxygen atoms in total. The summed E-state index contributed by atoms with van der Waals surface area (Å²) in [4.78, 5) is 28.7. The summed E-state index contributed by atoms with van der Waals surface area (Å²) in [5, 5.41) is 13.2. The first kappa shape index (κ1) is 20.9. The molecular weight excluding hydrogens is 435 g/mol. The van der Waals surface area contributed by atoms with Crippen LogP contribution in [0.1, 0.15) is 65.2 Å². The zero-order valence-corrected chi connectivity index (χ0v) is 18.6. The van der Waals surface area contributed by atoms with Crippen molar-refractivity contribution in [1.82, 2.24) is 4.98 Å².